The Morgan fingerprint density at radius 2 is 2.10 bits per heavy atom. The van der Waals surface area contributed by atoms with Crippen LogP contribution in [0, 0.1) is 6.92 Å². The summed E-state index contributed by atoms with van der Waals surface area (Å²) in [6.07, 6.45) is 4.33. The Morgan fingerprint density at radius 1 is 1.25 bits per heavy atom. The van der Waals surface area contributed by atoms with Gasteiger partial charge in [-0.25, -0.2) is 4.98 Å². The number of nitrogens with zero attached hydrogens (tertiary/aromatic N) is 3. The summed E-state index contributed by atoms with van der Waals surface area (Å²) in [7, 11) is 1.97. The highest BCUT2D eigenvalue weighted by Gasteiger charge is 2.15. The average molecular weight is 284 g/mol. The normalized spacial score (nSPS) is 12.7. The molecule has 0 fully saturated rings. The maximum atomic E-state index is 4.55. The first-order valence-electron chi connectivity index (χ1n) is 6.56. The molecule has 3 rings (SSSR count). The van der Waals surface area contributed by atoms with E-state index >= 15 is 0 Å². The molecule has 5 heteroatoms. The molecule has 0 aliphatic carbocycles. The molecular weight excluding hydrogens is 268 g/mol. The lowest BCUT2D eigenvalue weighted by Gasteiger charge is -2.16. The second-order valence-corrected chi connectivity index (χ2v) is 5.64. The Balaban J connectivity index is 1.98. The van der Waals surface area contributed by atoms with Crippen LogP contribution in [-0.2, 0) is 6.42 Å². The van der Waals surface area contributed by atoms with E-state index in [4.69, 9.17) is 0 Å². The Kier molecular flexibility index (Phi) is 3.71. The minimum Gasteiger partial charge on any atom is -0.313 e. The molecule has 2 heterocycles. The number of thiazole rings is 1. The number of benzene rings is 1. The number of likely N-dealkylation sites (N-methyl/N-ethyl adjacent to an activating group) is 1. The Bertz CT molecular complexity index is 717. The molecule has 1 aromatic carbocycles. The van der Waals surface area contributed by atoms with Crippen molar-refractivity contribution < 1.29 is 0 Å². The van der Waals surface area contributed by atoms with Gasteiger partial charge < -0.3 is 5.32 Å². The maximum Gasteiger partial charge on any atom is 0.0947 e. The van der Waals surface area contributed by atoms with E-state index in [1.54, 1.807) is 23.7 Å². The first-order valence-corrected chi connectivity index (χ1v) is 7.44. The second kappa shape index (κ2) is 5.64. The summed E-state index contributed by atoms with van der Waals surface area (Å²) in [6, 6.07) is 6.33. The number of aromatic nitrogens is 3. The third-order valence-corrected chi connectivity index (χ3v) is 4.29. The molecule has 1 unspecified atom stereocenters. The lowest BCUT2D eigenvalue weighted by Crippen LogP contribution is -2.19. The van der Waals surface area contributed by atoms with E-state index in [9.17, 15) is 0 Å². The smallest absolute Gasteiger partial charge is 0.0947 e. The highest BCUT2D eigenvalue weighted by molar-refractivity contribution is 7.09. The van der Waals surface area contributed by atoms with Gasteiger partial charge in [0.05, 0.1) is 16.0 Å². The molecule has 3 aromatic rings. The number of para-hydroxylation sites is 1. The maximum absolute atomic E-state index is 4.55. The molecule has 102 valence electrons. The average Bonchev–Trinajstić information content (AvgIpc) is 2.89. The highest BCUT2D eigenvalue weighted by Crippen LogP contribution is 2.25. The summed E-state index contributed by atoms with van der Waals surface area (Å²) in [6.45, 7) is 2.03. The number of rotatable bonds is 4. The third kappa shape index (κ3) is 2.55. The zero-order valence-corrected chi connectivity index (χ0v) is 12.3. The van der Waals surface area contributed by atoms with Gasteiger partial charge in [0.15, 0.2) is 0 Å². The van der Waals surface area contributed by atoms with Crippen molar-refractivity contribution in [1.82, 2.24) is 20.3 Å². The fourth-order valence-corrected chi connectivity index (χ4v) is 3.15. The van der Waals surface area contributed by atoms with E-state index < -0.39 is 0 Å². The van der Waals surface area contributed by atoms with Crippen LogP contribution in [0.5, 0.6) is 0 Å². The molecule has 1 N–H and O–H groups in total. The van der Waals surface area contributed by atoms with Crippen molar-refractivity contribution in [3.63, 3.8) is 0 Å². The van der Waals surface area contributed by atoms with Crippen LogP contribution in [0.3, 0.4) is 0 Å². The van der Waals surface area contributed by atoms with E-state index in [0.717, 1.165) is 28.2 Å². The minimum absolute atomic E-state index is 0.195. The minimum atomic E-state index is 0.195. The number of hydrogen-bond acceptors (Lipinski definition) is 5. The largest absolute Gasteiger partial charge is 0.313 e. The van der Waals surface area contributed by atoms with Gasteiger partial charge in [0, 0.05) is 35.9 Å². The number of fused-ring (bicyclic) bond motifs is 1. The van der Waals surface area contributed by atoms with E-state index in [1.807, 2.05) is 26.1 Å². The molecule has 0 aliphatic heterocycles. The van der Waals surface area contributed by atoms with Gasteiger partial charge in [-0.15, -0.1) is 11.3 Å². The first kappa shape index (κ1) is 13.1. The molecule has 2 aromatic heterocycles. The summed E-state index contributed by atoms with van der Waals surface area (Å²) in [5.74, 6) is 0. The van der Waals surface area contributed by atoms with Crippen LogP contribution in [0.2, 0.25) is 0 Å². The van der Waals surface area contributed by atoms with E-state index in [2.05, 4.69) is 31.7 Å². The second-order valence-electron chi connectivity index (χ2n) is 4.70. The van der Waals surface area contributed by atoms with Crippen LogP contribution in [0.25, 0.3) is 11.0 Å². The SMILES string of the molecule is CNC(Cc1nc(C)cs1)c1cccc2nccnc12. The fraction of sp³-hybridized carbons (Fsp3) is 0.267. The molecule has 0 radical (unpaired) electrons. The number of aryl methyl sites for hydroxylation is 1. The zero-order valence-electron chi connectivity index (χ0n) is 11.5. The molecule has 0 aliphatic rings. The zero-order chi connectivity index (χ0) is 13.9. The summed E-state index contributed by atoms with van der Waals surface area (Å²) < 4.78 is 0. The van der Waals surface area contributed by atoms with Gasteiger partial charge in [-0.05, 0) is 25.6 Å². The van der Waals surface area contributed by atoms with Crippen molar-refractivity contribution >= 4 is 22.4 Å². The highest BCUT2D eigenvalue weighted by atomic mass is 32.1. The predicted octanol–water partition coefficient (Wildman–Crippen LogP) is 2.90. The molecule has 4 nitrogen and oxygen atoms in total. The first-order chi connectivity index (χ1) is 9.78. The fourth-order valence-electron chi connectivity index (χ4n) is 2.33. The van der Waals surface area contributed by atoms with Gasteiger partial charge in [-0.2, -0.15) is 0 Å². The molecule has 0 bridgehead atoms. The van der Waals surface area contributed by atoms with Crippen LogP contribution < -0.4 is 5.32 Å². The molecule has 0 saturated heterocycles. The van der Waals surface area contributed by atoms with E-state index in [1.165, 1.54) is 5.56 Å². The van der Waals surface area contributed by atoms with Gasteiger partial charge in [-0.3, -0.25) is 9.97 Å². The van der Waals surface area contributed by atoms with Crippen LogP contribution in [0.4, 0.5) is 0 Å². The van der Waals surface area contributed by atoms with Crippen molar-refractivity contribution in [1.29, 1.82) is 0 Å². The Hall–Kier alpha value is -1.85. The summed E-state index contributed by atoms with van der Waals surface area (Å²) in [5.41, 5.74) is 4.15. The molecule has 1 atom stereocenters. The van der Waals surface area contributed by atoms with Crippen LogP contribution in [0.15, 0.2) is 36.0 Å². The molecule has 0 saturated carbocycles. The molecule has 0 amide bonds. The topological polar surface area (TPSA) is 50.7 Å². The summed E-state index contributed by atoms with van der Waals surface area (Å²) >= 11 is 1.71. The molecule has 0 spiro atoms. The van der Waals surface area contributed by atoms with E-state index in [-0.39, 0.29) is 6.04 Å². The van der Waals surface area contributed by atoms with E-state index in [0.29, 0.717) is 0 Å². The Morgan fingerprint density at radius 3 is 2.85 bits per heavy atom. The number of nitrogens with one attached hydrogen (secondary N) is 1. The molecule has 20 heavy (non-hydrogen) atoms. The summed E-state index contributed by atoms with van der Waals surface area (Å²) in [5, 5.41) is 6.60. The van der Waals surface area contributed by atoms with Crippen molar-refractivity contribution in [2.24, 2.45) is 0 Å². The van der Waals surface area contributed by atoms with Gasteiger partial charge >= 0.3 is 0 Å². The van der Waals surface area contributed by atoms with Crippen LogP contribution >= 0.6 is 11.3 Å². The quantitative estimate of drug-likeness (QED) is 0.800. The van der Waals surface area contributed by atoms with Gasteiger partial charge in [-0.1, -0.05) is 12.1 Å². The number of hydrogen-bond donors (Lipinski definition) is 1. The third-order valence-electron chi connectivity index (χ3n) is 3.30. The standard InChI is InChI=1S/C15H16N4S/c1-10-9-20-14(19-10)8-13(16-2)11-4-3-5-12-15(11)18-7-6-17-12/h3-7,9,13,16H,8H2,1-2H3. The van der Waals surface area contributed by atoms with Gasteiger partial charge in [0.2, 0.25) is 0 Å². The van der Waals surface area contributed by atoms with Gasteiger partial charge in [0.1, 0.15) is 0 Å². The van der Waals surface area contributed by atoms with Crippen molar-refractivity contribution in [2.75, 3.05) is 7.05 Å². The Labute approximate surface area is 121 Å². The predicted molar refractivity (Wildman–Crippen MR) is 81.9 cm³/mol. The van der Waals surface area contributed by atoms with Crippen LogP contribution in [-0.4, -0.2) is 22.0 Å². The van der Waals surface area contributed by atoms with Crippen molar-refractivity contribution in [2.45, 2.75) is 19.4 Å². The van der Waals surface area contributed by atoms with Crippen molar-refractivity contribution in [3.05, 3.63) is 52.2 Å². The molecular formula is C15H16N4S. The lowest BCUT2D eigenvalue weighted by atomic mass is 10.0. The van der Waals surface area contributed by atoms with Gasteiger partial charge in [0.25, 0.3) is 0 Å². The van der Waals surface area contributed by atoms with Crippen LogP contribution in [0.1, 0.15) is 22.3 Å². The lowest BCUT2D eigenvalue weighted by molar-refractivity contribution is 0.593. The van der Waals surface area contributed by atoms with Crippen molar-refractivity contribution in [3.8, 4) is 0 Å². The summed E-state index contributed by atoms with van der Waals surface area (Å²) in [4.78, 5) is 13.4. The monoisotopic (exact) mass is 284 g/mol.